The molecule has 2 fully saturated rings. The van der Waals surface area contributed by atoms with Gasteiger partial charge in [-0.05, 0) is 26.8 Å². The molecule has 0 radical (unpaired) electrons. The molecular weight excluding hydrogens is 362 g/mol. The van der Waals surface area contributed by atoms with Crippen LogP contribution in [0.1, 0.15) is 25.9 Å². The molecule has 0 bridgehead atoms. The highest BCUT2D eigenvalue weighted by Gasteiger charge is 2.72. The van der Waals surface area contributed by atoms with Crippen LogP contribution >= 0.6 is 11.3 Å². The second-order valence-electron chi connectivity index (χ2n) is 6.99. The Hall–Kier alpha value is -2.29. The number of nitrogens with zero attached hydrogens (tertiary/aromatic N) is 3. The predicted molar refractivity (Wildman–Crippen MR) is 93.1 cm³/mol. The summed E-state index contributed by atoms with van der Waals surface area (Å²) in [5.41, 5.74) is -4.00. The topological polar surface area (TPSA) is 69.3 Å². The molecule has 2 aromatic heterocycles. The van der Waals surface area contributed by atoms with E-state index in [4.69, 9.17) is 0 Å². The number of imidazole rings is 1. The van der Waals surface area contributed by atoms with Crippen LogP contribution in [0.2, 0.25) is 0 Å². The van der Waals surface area contributed by atoms with E-state index in [0.29, 0.717) is 11.4 Å². The highest BCUT2D eigenvalue weighted by atomic mass is 32.1. The van der Waals surface area contributed by atoms with Crippen LogP contribution in [0.3, 0.4) is 0 Å². The molecule has 4 rings (SSSR count). The number of rotatable bonds is 2. The van der Waals surface area contributed by atoms with E-state index in [-0.39, 0.29) is 5.69 Å². The van der Waals surface area contributed by atoms with Crippen molar-refractivity contribution in [3.8, 4) is 0 Å². The van der Waals surface area contributed by atoms with E-state index in [9.17, 15) is 9.59 Å². The minimum Gasteiger partial charge on any atom is -0.348 e. The standard InChI is InChI=1S/C17H18F2N4O2S/c1-9-4-12(11(3)26-9)23-6-16(18)5-22(7-17(16,19)15(23)25)14(24)13-10(2)20-8-21-13/h4,8H,5-7H2,1-3H3,(H,20,21)/t16-,17+/m0/s1. The van der Waals surface area contributed by atoms with Crippen molar-refractivity contribution in [1.29, 1.82) is 0 Å². The number of H-pyrrole nitrogens is 1. The van der Waals surface area contributed by atoms with Gasteiger partial charge in [0.2, 0.25) is 5.67 Å². The molecule has 6 nitrogen and oxygen atoms in total. The first kappa shape index (κ1) is 17.1. The Bertz CT molecular complexity index is 926. The van der Waals surface area contributed by atoms with Crippen LogP contribution in [0.25, 0.3) is 0 Å². The van der Waals surface area contributed by atoms with Gasteiger partial charge >= 0.3 is 0 Å². The lowest BCUT2D eigenvalue weighted by molar-refractivity contribution is -0.130. The summed E-state index contributed by atoms with van der Waals surface area (Å²) in [5, 5.41) is 0. The lowest BCUT2D eigenvalue weighted by atomic mass is 9.93. The van der Waals surface area contributed by atoms with Crippen molar-refractivity contribution in [2.75, 3.05) is 24.5 Å². The maximum absolute atomic E-state index is 15.5. The molecule has 9 heteroatoms. The molecule has 2 aromatic rings. The van der Waals surface area contributed by atoms with Crippen molar-refractivity contribution in [1.82, 2.24) is 14.9 Å². The number of hydrogen-bond acceptors (Lipinski definition) is 4. The summed E-state index contributed by atoms with van der Waals surface area (Å²) in [4.78, 5) is 36.0. The summed E-state index contributed by atoms with van der Waals surface area (Å²) in [6, 6.07) is 1.77. The number of aromatic nitrogens is 2. The van der Waals surface area contributed by atoms with E-state index in [2.05, 4.69) is 9.97 Å². The third-order valence-corrected chi connectivity index (χ3v) is 6.13. The number of carbonyl (C=O) groups excluding carboxylic acids is 2. The number of hydrogen-bond donors (Lipinski definition) is 1. The van der Waals surface area contributed by atoms with Gasteiger partial charge < -0.3 is 14.8 Å². The Morgan fingerprint density at radius 2 is 2.00 bits per heavy atom. The average molecular weight is 380 g/mol. The number of aryl methyl sites for hydroxylation is 3. The Morgan fingerprint density at radius 1 is 1.27 bits per heavy atom. The SMILES string of the molecule is Cc1cc(N2C[C@@]3(F)CN(C(=O)c4nc[nH]c4C)C[C@@]3(F)C2=O)c(C)s1. The van der Waals surface area contributed by atoms with Crippen molar-refractivity contribution in [2.45, 2.75) is 32.1 Å². The number of alkyl halides is 2. The zero-order chi connectivity index (χ0) is 18.9. The molecule has 4 heterocycles. The van der Waals surface area contributed by atoms with E-state index in [1.165, 1.54) is 22.6 Å². The molecule has 0 spiro atoms. The summed E-state index contributed by atoms with van der Waals surface area (Å²) < 4.78 is 31.0. The van der Waals surface area contributed by atoms with Crippen LogP contribution in [0, 0.1) is 20.8 Å². The van der Waals surface area contributed by atoms with Crippen molar-refractivity contribution < 1.29 is 18.4 Å². The maximum Gasteiger partial charge on any atom is 0.274 e. The first-order valence-corrected chi connectivity index (χ1v) is 9.04. The molecule has 2 saturated heterocycles. The number of anilines is 1. The number of halogens is 2. The fourth-order valence-corrected chi connectivity index (χ4v) is 4.73. The van der Waals surface area contributed by atoms with Crippen LogP contribution < -0.4 is 4.90 Å². The first-order chi connectivity index (χ1) is 12.2. The van der Waals surface area contributed by atoms with E-state index in [0.717, 1.165) is 14.7 Å². The van der Waals surface area contributed by atoms with Gasteiger partial charge in [-0.2, -0.15) is 0 Å². The van der Waals surface area contributed by atoms with Gasteiger partial charge in [0, 0.05) is 15.4 Å². The number of nitrogens with one attached hydrogen (secondary N) is 1. The highest BCUT2D eigenvalue weighted by molar-refractivity contribution is 7.12. The Labute approximate surface area is 152 Å². The highest BCUT2D eigenvalue weighted by Crippen LogP contribution is 2.48. The minimum atomic E-state index is -2.74. The monoisotopic (exact) mass is 380 g/mol. The number of fused-ring (bicyclic) bond motifs is 1. The van der Waals surface area contributed by atoms with Gasteiger partial charge in [0.1, 0.15) is 5.69 Å². The fourth-order valence-electron chi connectivity index (χ4n) is 3.81. The zero-order valence-corrected chi connectivity index (χ0v) is 15.4. The average Bonchev–Trinajstić information content (AvgIpc) is 3.25. The van der Waals surface area contributed by atoms with Crippen molar-refractivity contribution in [2.24, 2.45) is 0 Å². The van der Waals surface area contributed by atoms with E-state index < -0.39 is 42.8 Å². The molecule has 2 amide bonds. The molecule has 2 aliphatic heterocycles. The smallest absolute Gasteiger partial charge is 0.274 e. The van der Waals surface area contributed by atoms with Gasteiger partial charge in [-0.15, -0.1) is 11.3 Å². The Balaban J connectivity index is 1.64. The summed E-state index contributed by atoms with van der Waals surface area (Å²) >= 11 is 1.47. The number of thiophene rings is 1. The lowest BCUT2D eigenvalue weighted by Gasteiger charge is -2.22. The maximum atomic E-state index is 15.5. The van der Waals surface area contributed by atoms with Crippen LogP contribution in [0.5, 0.6) is 0 Å². The molecule has 0 aromatic carbocycles. The van der Waals surface area contributed by atoms with Crippen molar-refractivity contribution in [3.05, 3.63) is 33.5 Å². The summed E-state index contributed by atoms with van der Waals surface area (Å²) in [6.45, 7) is 3.88. The third kappa shape index (κ3) is 2.16. The Morgan fingerprint density at radius 3 is 2.54 bits per heavy atom. The number of likely N-dealkylation sites (tertiary alicyclic amines) is 1. The molecule has 1 N–H and O–H groups in total. The largest absolute Gasteiger partial charge is 0.348 e. The van der Waals surface area contributed by atoms with Crippen molar-refractivity contribution in [3.63, 3.8) is 0 Å². The molecule has 138 valence electrons. The molecule has 26 heavy (non-hydrogen) atoms. The van der Waals surface area contributed by atoms with Gasteiger partial charge in [0.25, 0.3) is 11.8 Å². The molecule has 0 unspecified atom stereocenters. The molecular formula is C17H18F2N4O2S. The van der Waals surface area contributed by atoms with E-state index >= 15 is 8.78 Å². The van der Waals surface area contributed by atoms with E-state index in [1.807, 2.05) is 13.8 Å². The molecule has 2 aliphatic rings. The summed E-state index contributed by atoms with van der Waals surface area (Å²) in [6.07, 6.45) is 1.35. The van der Waals surface area contributed by atoms with Crippen LogP contribution in [-0.2, 0) is 4.79 Å². The lowest BCUT2D eigenvalue weighted by Crippen LogP contribution is -2.47. The predicted octanol–water partition coefficient (Wildman–Crippen LogP) is 2.32. The van der Waals surface area contributed by atoms with E-state index in [1.54, 1.807) is 13.0 Å². The van der Waals surface area contributed by atoms with Gasteiger partial charge in [-0.3, -0.25) is 9.59 Å². The number of carbonyl (C=O) groups is 2. The van der Waals surface area contributed by atoms with Crippen LogP contribution in [0.4, 0.5) is 14.5 Å². The number of aromatic amines is 1. The molecule has 0 aliphatic carbocycles. The van der Waals surface area contributed by atoms with Gasteiger partial charge in [0.15, 0.2) is 5.67 Å². The third-order valence-electron chi connectivity index (χ3n) is 5.18. The van der Waals surface area contributed by atoms with Crippen LogP contribution in [0.15, 0.2) is 12.4 Å². The van der Waals surface area contributed by atoms with Gasteiger partial charge in [-0.1, -0.05) is 0 Å². The van der Waals surface area contributed by atoms with Crippen molar-refractivity contribution >= 4 is 28.8 Å². The molecule has 2 atom stereocenters. The Kier molecular flexibility index (Phi) is 3.53. The normalized spacial score (nSPS) is 28.1. The summed E-state index contributed by atoms with van der Waals surface area (Å²) in [5.74, 6) is -1.50. The second-order valence-corrected chi connectivity index (χ2v) is 8.45. The van der Waals surface area contributed by atoms with Gasteiger partial charge in [0.05, 0.1) is 31.6 Å². The summed E-state index contributed by atoms with van der Waals surface area (Å²) in [7, 11) is 0. The quantitative estimate of drug-likeness (QED) is 0.869. The zero-order valence-electron chi connectivity index (χ0n) is 14.6. The first-order valence-electron chi connectivity index (χ1n) is 8.22. The molecule has 0 saturated carbocycles. The van der Waals surface area contributed by atoms with Gasteiger partial charge in [-0.25, -0.2) is 13.8 Å². The van der Waals surface area contributed by atoms with Crippen LogP contribution in [-0.4, -0.2) is 57.7 Å². The number of amides is 2. The minimum absolute atomic E-state index is 0.116. The second kappa shape index (κ2) is 5.35. The fraction of sp³-hybridized carbons (Fsp3) is 0.471.